The Morgan fingerprint density at radius 3 is 2.23 bits per heavy atom. The second-order valence-corrected chi connectivity index (χ2v) is 7.77. The summed E-state index contributed by atoms with van der Waals surface area (Å²) in [5.74, 6) is 0.0933. The van der Waals surface area contributed by atoms with Crippen LogP contribution >= 0.6 is 0 Å². The maximum absolute atomic E-state index is 12.6. The summed E-state index contributed by atoms with van der Waals surface area (Å²) in [6, 6.07) is 14.6. The van der Waals surface area contributed by atoms with Gasteiger partial charge in [0.05, 0.1) is 12.1 Å². The quantitative estimate of drug-likeness (QED) is 0.495. The lowest BCUT2D eigenvalue weighted by Gasteiger charge is -2.37. The van der Waals surface area contributed by atoms with Gasteiger partial charge in [-0.2, -0.15) is 0 Å². The maximum Gasteiger partial charge on any atom is 0.338 e. The molecule has 8 heteroatoms. The minimum atomic E-state index is -0.583. The number of esters is 1. The van der Waals surface area contributed by atoms with Gasteiger partial charge in [0, 0.05) is 51.8 Å². The summed E-state index contributed by atoms with van der Waals surface area (Å²) in [6.45, 7) is 3.72. The lowest BCUT2D eigenvalue weighted by molar-refractivity contribution is -0.140. The maximum atomic E-state index is 12.6. The standard InChI is InChI=1S/C23H26N4O4/c28-21-9-10-22(29)27(21)17-19(31-23(30)18-6-2-1-3-7-18)16-25-12-14-26(15-13-25)20-8-4-5-11-24-20/h1-8,11,19H,9-10,12-17H2. The van der Waals surface area contributed by atoms with E-state index in [9.17, 15) is 14.4 Å². The van der Waals surface area contributed by atoms with Crippen molar-refractivity contribution in [2.75, 3.05) is 44.2 Å². The Hall–Kier alpha value is -3.26. The second kappa shape index (κ2) is 9.70. The molecule has 2 saturated heterocycles. The largest absolute Gasteiger partial charge is 0.455 e. The molecule has 0 aliphatic carbocycles. The first-order valence-electron chi connectivity index (χ1n) is 10.6. The molecule has 0 radical (unpaired) electrons. The van der Waals surface area contributed by atoms with Gasteiger partial charge >= 0.3 is 5.97 Å². The van der Waals surface area contributed by atoms with Crippen molar-refractivity contribution in [3.63, 3.8) is 0 Å². The minimum Gasteiger partial charge on any atom is -0.455 e. The molecule has 0 bridgehead atoms. The molecule has 1 aromatic carbocycles. The fourth-order valence-corrected chi connectivity index (χ4v) is 3.94. The van der Waals surface area contributed by atoms with Gasteiger partial charge in [0.25, 0.3) is 0 Å². The fourth-order valence-electron chi connectivity index (χ4n) is 3.94. The van der Waals surface area contributed by atoms with Crippen LogP contribution < -0.4 is 4.90 Å². The molecule has 2 aliphatic heterocycles. The molecule has 2 fully saturated rings. The first-order valence-corrected chi connectivity index (χ1v) is 10.6. The summed E-state index contributed by atoms with van der Waals surface area (Å²) in [5.41, 5.74) is 0.451. The zero-order valence-electron chi connectivity index (χ0n) is 17.4. The summed E-state index contributed by atoms with van der Waals surface area (Å²) in [4.78, 5) is 46.9. The van der Waals surface area contributed by atoms with E-state index in [0.717, 1.165) is 32.0 Å². The Balaban J connectivity index is 1.40. The molecule has 2 aliphatic rings. The Morgan fingerprint density at radius 1 is 0.903 bits per heavy atom. The number of piperazine rings is 1. The SMILES string of the molecule is O=C(OC(CN1CCN(c2ccccn2)CC1)CN1C(=O)CCC1=O)c1ccccc1. The third kappa shape index (κ3) is 5.27. The van der Waals surface area contributed by atoms with E-state index in [0.29, 0.717) is 12.1 Å². The van der Waals surface area contributed by atoms with Crippen molar-refractivity contribution in [2.24, 2.45) is 0 Å². The Kier molecular flexibility index (Phi) is 6.57. The van der Waals surface area contributed by atoms with Crippen molar-refractivity contribution >= 4 is 23.6 Å². The zero-order chi connectivity index (χ0) is 21.6. The molecule has 31 heavy (non-hydrogen) atoms. The molecule has 1 atom stereocenters. The van der Waals surface area contributed by atoms with Crippen molar-refractivity contribution in [3.8, 4) is 0 Å². The highest BCUT2D eigenvalue weighted by Gasteiger charge is 2.33. The molecule has 3 heterocycles. The number of likely N-dealkylation sites (tertiary alicyclic amines) is 1. The normalized spacial score (nSPS) is 18.3. The number of carbonyl (C=O) groups is 3. The molecule has 162 valence electrons. The molecule has 2 amide bonds. The number of anilines is 1. The Labute approximate surface area is 181 Å². The average molecular weight is 422 g/mol. The van der Waals surface area contributed by atoms with E-state index in [1.807, 2.05) is 24.3 Å². The van der Waals surface area contributed by atoms with Gasteiger partial charge < -0.3 is 9.64 Å². The molecular formula is C23H26N4O4. The van der Waals surface area contributed by atoms with Gasteiger partial charge in [0.15, 0.2) is 0 Å². The number of pyridine rings is 1. The van der Waals surface area contributed by atoms with Crippen LogP contribution in [0, 0.1) is 0 Å². The molecule has 0 N–H and O–H groups in total. The molecule has 0 saturated carbocycles. The summed E-state index contributed by atoms with van der Waals surface area (Å²) >= 11 is 0. The summed E-state index contributed by atoms with van der Waals surface area (Å²) < 4.78 is 5.76. The van der Waals surface area contributed by atoms with Crippen LogP contribution in [0.4, 0.5) is 5.82 Å². The van der Waals surface area contributed by atoms with Gasteiger partial charge in [0.1, 0.15) is 11.9 Å². The molecule has 2 aromatic rings. The number of ether oxygens (including phenoxy) is 1. The van der Waals surface area contributed by atoms with E-state index in [-0.39, 0.29) is 31.2 Å². The molecule has 1 unspecified atom stereocenters. The predicted octanol–water partition coefficient (Wildman–Crippen LogP) is 1.58. The summed E-state index contributed by atoms with van der Waals surface area (Å²) in [6.07, 6.45) is 1.65. The number of hydrogen-bond donors (Lipinski definition) is 0. The highest BCUT2D eigenvalue weighted by molar-refractivity contribution is 6.02. The van der Waals surface area contributed by atoms with E-state index >= 15 is 0 Å². The van der Waals surface area contributed by atoms with Gasteiger partial charge in [-0.1, -0.05) is 24.3 Å². The van der Waals surface area contributed by atoms with Crippen LogP contribution in [0.15, 0.2) is 54.7 Å². The smallest absolute Gasteiger partial charge is 0.338 e. The van der Waals surface area contributed by atoms with Crippen molar-refractivity contribution in [2.45, 2.75) is 18.9 Å². The van der Waals surface area contributed by atoms with E-state index < -0.39 is 12.1 Å². The van der Waals surface area contributed by atoms with Gasteiger partial charge in [-0.25, -0.2) is 9.78 Å². The first-order chi connectivity index (χ1) is 15.1. The fraction of sp³-hybridized carbons (Fsp3) is 0.391. The lowest BCUT2D eigenvalue weighted by atomic mass is 10.2. The second-order valence-electron chi connectivity index (χ2n) is 7.77. The van der Waals surface area contributed by atoms with Crippen LogP contribution in [0.5, 0.6) is 0 Å². The molecule has 4 rings (SSSR count). The van der Waals surface area contributed by atoms with Crippen molar-refractivity contribution in [1.82, 2.24) is 14.8 Å². The topological polar surface area (TPSA) is 83.1 Å². The first kappa shape index (κ1) is 21.0. The predicted molar refractivity (Wildman–Crippen MR) is 114 cm³/mol. The number of imide groups is 1. The third-order valence-corrected chi connectivity index (χ3v) is 5.63. The molecular weight excluding hydrogens is 396 g/mol. The number of aromatic nitrogens is 1. The van der Waals surface area contributed by atoms with Crippen LogP contribution in [0.1, 0.15) is 23.2 Å². The monoisotopic (exact) mass is 422 g/mol. The number of hydrogen-bond acceptors (Lipinski definition) is 7. The number of rotatable bonds is 7. The van der Waals surface area contributed by atoms with Gasteiger partial charge in [-0.05, 0) is 24.3 Å². The minimum absolute atomic E-state index is 0.0939. The van der Waals surface area contributed by atoms with Gasteiger partial charge in [0.2, 0.25) is 11.8 Å². The average Bonchev–Trinajstić information content (AvgIpc) is 3.12. The van der Waals surface area contributed by atoms with Crippen LogP contribution in [-0.2, 0) is 14.3 Å². The molecule has 8 nitrogen and oxygen atoms in total. The third-order valence-electron chi connectivity index (χ3n) is 5.63. The number of nitrogens with zero attached hydrogens (tertiary/aromatic N) is 4. The number of carbonyl (C=O) groups excluding carboxylic acids is 3. The van der Waals surface area contributed by atoms with E-state index in [1.54, 1.807) is 30.5 Å². The number of amides is 2. The Bertz CT molecular complexity index is 898. The zero-order valence-corrected chi connectivity index (χ0v) is 17.4. The van der Waals surface area contributed by atoms with E-state index in [2.05, 4.69) is 14.8 Å². The lowest BCUT2D eigenvalue weighted by Crippen LogP contribution is -2.51. The van der Waals surface area contributed by atoms with Crippen LogP contribution in [0.25, 0.3) is 0 Å². The van der Waals surface area contributed by atoms with E-state index in [4.69, 9.17) is 4.74 Å². The highest BCUT2D eigenvalue weighted by atomic mass is 16.5. The number of benzene rings is 1. The van der Waals surface area contributed by atoms with Gasteiger partial charge in [-0.3, -0.25) is 19.4 Å². The summed E-state index contributed by atoms with van der Waals surface area (Å²) in [5, 5.41) is 0. The Morgan fingerprint density at radius 2 is 1.58 bits per heavy atom. The van der Waals surface area contributed by atoms with Crippen LogP contribution in [0.3, 0.4) is 0 Å². The van der Waals surface area contributed by atoms with Crippen molar-refractivity contribution in [1.29, 1.82) is 0 Å². The highest BCUT2D eigenvalue weighted by Crippen LogP contribution is 2.17. The van der Waals surface area contributed by atoms with Crippen LogP contribution in [0.2, 0.25) is 0 Å². The van der Waals surface area contributed by atoms with Crippen molar-refractivity contribution in [3.05, 3.63) is 60.3 Å². The van der Waals surface area contributed by atoms with Gasteiger partial charge in [-0.15, -0.1) is 0 Å². The molecule has 1 aromatic heterocycles. The molecule has 0 spiro atoms. The van der Waals surface area contributed by atoms with Crippen molar-refractivity contribution < 1.29 is 19.1 Å². The van der Waals surface area contributed by atoms with E-state index in [1.165, 1.54) is 4.90 Å². The van der Waals surface area contributed by atoms with Crippen LogP contribution in [-0.4, -0.2) is 77.9 Å². The summed E-state index contributed by atoms with van der Waals surface area (Å²) in [7, 11) is 0.